The first-order valence-corrected chi connectivity index (χ1v) is 7.05. The molecule has 0 aromatic heterocycles. The standard InChI is InChI=1S/C17H18FNO3/c1-2-21-14-9-7-13(8-10-14)11-19-17(20)12-22-16-6-4-3-5-15(16)18/h3-10H,2,11-12H2,1H3,(H,19,20). The highest BCUT2D eigenvalue weighted by atomic mass is 19.1. The smallest absolute Gasteiger partial charge is 0.258 e. The molecule has 2 rings (SSSR count). The molecule has 2 aromatic carbocycles. The second-order valence-electron chi connectivity index (χ2n) is 4.57. The highest BCUT2D eigenvalue weighted by Crippen LogP contribution is 2.15. The van der Waals surface area contributed by atoms with E-state index in [1.54, 1.807) is 12.1 Å². The lowest BCUT2D eigenvalue weighted by molar-refractivity contribution is -0.123. The molecule has 0 bridgehead atoms. The Hall–Kier alpha value is -2.56. The third-order valence-corrected chi connectivity index (χ3v) is 2.92. The Morgan fingerprint density at radius 2 is 1.82 bits per heavy atom. The zero-order valence-electron chi connectivity index (χ0n) is 12.3. The van der Waals surface area contributed by atoms with E-state index < -0.39 is 5.82 Å². The van der Waals surface area contributed by atoms with Crippen LogP contribution in [0.25, 0.3) is 0 Å². The molecule has 0 saturated heterocycles. The van der Waals surface area contributed by atoms with Crippen LogP contribution in [0.5, 0.6) is 11.5 Å². The molecule has 1 amide bonds. The number of benzene rings is 2. The Kier molecular flexibility index (Phi) is 5.77. The van der Waals surface area contributed by atoms with Crippen LogP contribution in [0.4, 0.5) is 4.39 Å². The van der Waals surface area contributed by atoms with E-state index in [0.29, 0.717) is 13.2 Å². The lowest BCUT2D eigenvalue weighted by Gasteiger charge is -2.09. The van der Waals surface area contributed by atoms with Gasteiger partial charge in [-0.15, -0.1) is 0 Å². The fourth-order valence-electron chi connectivity index (χ4n) is 1.83. The monoisotopic (exact) mass is 303 g/mol. The van der Waals surface area contributed by atoms with Gasteiger partial charge in [-0.05, 0) is 36.8 Å². The fourth-order valence-corrected chi connectivity index (χ4v) is 1.83. The van der Waals surface area contributed by atoms with Gasteiger partial charge in [0.1, 0.15) is 5.75 Å². The summed E-state index contributed by atoms with van der Waals surface area (Å²) in [5.74, 6) is 0.0677. The maximum atomic E-state index is 13.3. The number of hydrogen-bond donors (Lipinski definition) is 1. The molecule has 22 heavy (non-hydrogen) atoms. The number of ether oxygens (including phenoxy) is 2. The first-order valence-electron chi connectivity index (χ1n) is 7.05. The first kappa shape index (κ1) is 15.8. The zero-order chi connectivity index (χ0) is 15.8. The summed E-state index contributed by atoms with van der Waals surface area (Å²) in [6.07, 6.45) is 0. The number of para-hydroxylation sites is 1. The van der Waals surface area contributed by atoms with Gasteiger partial charge >= 0.3 is 0 Å². The molecular weight excluding hydrogens is 285 g/mol. The van der Waals surface area contributed by atoms with Gasteiger partial charge in [-0.2, -0.15) is 0 Å². The van der Waals surface area contributed by atoms with Crippen LogP contribution in [-0.2, 0) is 11.3 Å². The van der Waals surface area contributed by atoms with E-state index in [9.17, 15) is 9.18 Å². The summed E-state index contributed by atoms with van der Waals surface area (Å²) >= 11 is 0. The number of amides is 1. The maximum absolute atomic E-state index is 13.3. The van der Waals surface area contributed by atoms with Gasteiger partial charge in [-0.3, -0.25) is 4.79 Å². The number of halogens is 1. The van der Waals surface area contributed by atoms with Gasteiger partial charge in [0.05, 0.1) is 6.61 Å². The second kappa shape index (κ2) is 8.02. The summed E-state index contributed by atoms with van der Waals surface area (Å²) in [5, 5.41) is 2.71. The lowest BCUT2D eigenvalue weighted by atomic mass is 10.2. The first-order chi connectivity index (χ1) is 10.7. The molecule has 0 unspecified atom stereocenters. The normalized spacial score (nSPS) is 10.1. The Bertz CT molecular complexity index is 614. The van der Waals surface area contributed by atoms with Gasteiger partial charge in [0.25, 0.3) is 5.91 Å². The summed E-state index contributed by atoms with van der Waals surface area (Å²) in [4.78, 5) is 11.7. The Labute approximate surface area is 128 Å². The van der Waals surface area contributed by atoms with Crippen LogP contribution in [0.3, 0.4) is 0 Å². The van der Waals surface area contributed by atoms with E-state index in [4.69, 9.17) is 9.47 Å². The molecule has 0 aliphatic rings. The largest absolute Gasteiger partial charge is 0.494 e. The Morgan fingerprint density at radius 1 is 1.09 bits per heavy atom. The molecule has 0 aliphatic heterocycles. The molecule has 116 valence electrons. The van der Waals surface area contributed by atoms with E-state index in [1.807, 2.05) is 31.2 Å². The van der Waals surface area contributed by atoms with Gasteiger partial charge in [0.2, 0.25) is 0 Å². The van der Waals surface area contributed by atoms with Crippen LogP contribution in [-0.4, -0.2) is 19.1 Å². The van der Waals surface area contributed by atoms with E-state index in [2.05, 4.69) is 5.32 Å². The fraction of sp³-hybridized carbons (Fsp3) is 0.235. The number of nitrogens with one attached hydrogen (secondary N) is 1. The van der Waals surface area contributed by atoms with E-state index in [-0.39, 0.29) is 18.3 Å². The summed E-state index contributed by atoms with van der Waals surface area (Å²) in [6.45, 7) is 2.69. The van der Waals surface area contributed by atoms with Crippen molar-refractivity contribution in [3.05, 3.63) is 59.9 Å². The minimum absolute atomic E-state index is 0.0683. The van der Waals surface area contributed by atoms with Crippen molar-refractivity contribution < 1.29 is 18.7 Å². The number of carbonyl (C=O) groups is 1. The summed E-state index contributed by atoms with van der Waals surface area (Å²) in [7, 11) is 0. The molecule has 2 aromatic rings. The molecule has 0 heterocycles. The topological polar surface area (TPSA) is 47.6 Å². The van der Waals surface area contributed by atoms with Crippen LogP contribution in [0, 0.1) is 5.82 Å². The molecule has 1 N–H and O–H groups in total. The molecule has 0 saturated carbocycles. The summed E-state index contributed by atoms with van der Waals surface area (Å²) in [6, 6.07) is 13.4. The Balaban J connectivity index is 1.76. The lowest BCUT2D eigenvalue weighted by Crippen LogP contribution is -2.28. The zero-order valence-corrected chi connectivity index (χ0v) is 12.3. The molecule has 0 fully saturated rings. The molecule has 5 heteroatoms. The van der Waals surface area contributed by atoms with Gasteiger partial charge in [-0.1, -0.05) is 24.3 Å². The van der Waals surface area contributed by atoms with Gasteiger partial charge < -0.3 is 14.8 Å². The second-order valence-corrected chi connectivity index (χ2v) is 4.57. The van der Waals surface area contributed by atoms with Gasteiger partial charge in [-0.25, -0.2) is 4.39 Å². The number of carbonyl (C=O) groups excluding carboxylic acids is 1. The number of rotatable bonds is 7. The third-order valence-electron chi connectivity index (χ3n) is 2.92. The maximum Gasteiger partial charge on any atom is 0.258 e. The molecule has 0 radical (unpaired) electrons. The van der Waals surface area contributed by atoms with Crippen molar-refractivity contribution in [1.29, 1.82) is 0 Å². The average molecular weight is 303 g/mol. The minimum atomic E-state index is -0.484. The van der Waals surface area contributed by atoms with Crippen LogP contribution >= 0.6 is 0 Å². The molecule has 0 atom stereocenters. The van der Waals surface area contributed by atoms with Crippen LogP contribution in [0.1, 0.15) is 12.5 Å². The van der Waals surface area contributed by atoms with Crippen molar-refractivity contribution in [2.75, 3.05) is 13.2 Å². The van der Waals surface area contributed by atoms with Crippen LogP contribution in [0.2, 0.25) is 0 Å². The molecule has 4 nitrogen and oxygen atoms in total. The third kappa shape index (κ3) is 4.77. The predicted molar refractivity (Wildman–Crippen MR) is 81.4 cm³/mol. The van der Waals surface area contributed by atoms with Crippen molar-refractivity contribution >= 4 is 5.91 Å². The predicted octanol–water partition coefficient (Wildman–Crippen LogP) is 2.92. The van der Waals surface area contributed by atoms with Crippen molar-refractivity contribution in [1.82, 2.24) is 5.32 Å². The van der Waals surface area contributed by atoms with Crippen molar-refractivity contribution in [2.45, 2.75) is 13.5 Å². The van der Waals surface area contributed by atoms with Gasteiger partial charge in [0.15, 0.2) is 18.2 Å². The van der Waals surface area contributed by atoms with Crippen molar-refractivity contribution in [3.63, 3.8) is 0 Å². The molecular formula is C17H18FNO3. The average Bonchev–Trinajstić information content (AvgIpc) is 2.54. The quantitative estimate of drug-likeness (QED) is 0.855. The van der Waals surface area contributed by atoms with E-state index in [0.717, 1.165) is 11.3 Å². The van der Waals surface area contributed by atoms with Crippen LogP contribution < -0.4 is 14.8 Å². The van der Waals surface area contributed by atoms with Crippen molar-refractivity contribution in [3.8, 4) is 11.5 Å². The molecule has 0 aliphatic carbocycles. The van der Waals surface area contributed by atoms with E-state index >= 15 is 0 Å². The SMILES string of the molecule is CCOc1ccc(CNC(=O)COc2ccccc2F)cc1. The van der Waals surface area contributed by atoms with Gasteiger partial charge in [0, 0.05) is 6.54 Å². The van der Waals surface area contributed by atoms with E-state index in [1.165, 1.54) is 12.1 Å². The molecule has 0 spiro atoms. The highest BCUT2D eigenvalue weighted by molar-refractivity contribution is 5.77. The van der Waals surface area contributed by atoms with Crippen LogP contribution in [0.15, 0.2) is 48.5 Å². The van der Waals surface area contributed by atoms with Crippen molar-refractivity contribution in [2.24, 2.45) is 0 Å². The highest BCUT2D eigenvalue weighted by Gasteiger charge is 2.06. The minimum Gasteiger partial charge on any atom is -0.494 e. The Morgan fingerprint density at radius 3 is 2.50 bits per heavy atom. The summed E-state index contributed by atoms with van der Waals surface area (Å²) < 4.78 is 23.8. The summed E-state index contributed by atoms with van der Waals surface area (Å²) in [5.41, 5.74) is 0.947. The number of hydrogen-bond acceptors (Lipinski definition) is 3.